The Balaban J connectivity index is 1.60. The Bertz CT molecular complexity index is 924. The van der Waals surface area contributed by atoms with Gasteiger partial charge >= 0.3 is 0 Å². The number of carbonyl (C=O) groups is 1. The summed E-state index contributed by atoms with van der Waals surface area (Å²) in [7, 11) is 0. The lowest BCUT2D eigenvalue weighted by molar-refractivity contribution is -0.117. The summed E-state index contributed by atoms with van der Waals surface area (Å²) in [4.78, 5) is 22.9. The summed E-state index contributed by atoms with van der Waals surface area (Å²) in [6, 6.07) is 8.86. The SMILES string of the molecule is Cc1cc(NC2CCN(c3cccc(Cl)c3)C2=O)n2ncnc2n1. The van der Waals surface area contributed by atoms with Crippen molar-refractivity contribution in [1.82, 2.24) is 19.6 Å². The minimum absolute atomic E-state index is 0.0139. The zero-order chi connectivity index (χ0) is 16.7. The number of benzene rings is 1. The summed E-state index contributed by atoms with van der Waals surface area (Å²) in [6.45, 7) is 2.52. The fourth-order valence-electron chi connectivity index (χ4n) is 2.93. The molecule has 0 spiro atoms. The van der Waals surface area contributed by atoms with E-state index in [1.165, 1.54) is 6.33 Å². The maximum absolute atomic E-state index is 12.7. The third-order valence-electron chi connectivity index (χ3n) is 4.03. The summed E-state index contributed by atoms with van der Waals surface area (Å²) in [5.41, 5.74) is 1.63. The number of hydrogen-bond acceptors (Lipinski definition) is 5. The Kier molecular flexibility index (Phi) is 3.57. The van der Waals surface area contributed by atoms with Gasteiger partial charge in [0.25, 0.3) is 5.78 Å². The monoisotopic (exact) mass is 342 g/mol. The van der Waals surface area contributed by atoms with Crippen LogP contribution < -0.4 is 10.2 Å². The van der Waals surface area contributed by atoms with Crippen molar-refractivity contribution in [3.05, 3.63) is 47.4 Å². The van der Waals surface area contributed by atoms with Gasteiger partial charge in [0, 0.05) is 29.0 Å². The van der Waals surface area contributed by atoms with Gasteiger partial charge in [0.1, 0.15) is 18.2 Å². The Labute approximate surface area is 143 Å². The van der Waals surface area contributed by atoms with E-state index in [2.05, 4.69) is 20.4 Å². The van der Waals surface area contributed by atoms with Crippen molar-refractivity contribution in [2.24, 2.45) is 0 Å². The minimum atomic E-state index is -0.321. The molecule has 24 heavy (non-hydrogen) atoms. The molecule has 1 unspecified atom stereocenters. The molecule has 1 fully saturated rings. The van der Waals surface area contributed by atoms with Gasteiger partial charge in [0.05, 0.1) is 0 Å². The summed E-state index contributed by atoms with van der Waals surface area (Å²) in [5, 5.41) is 8.04. The summed E-state index contributed by atoms with van der Waals surface area (Å²) in [6.07, 6.45) is 2.14. The quantitative estimate of drug-likeness (QED) is 0.790. The Morgan fingerprint density at radius 2 is 2.21 bits per heavy atom. The number of carbonyl (C=O) groups excluding carboxylic acids is 1. The normalized spacial score (nSPS) is 17.7. The van der Waals surface area contributed by atoms with Gasteiger partial charge in [-0.3, -0.25) is 4.79 Å². The van der Waals surface area contributed by atoms with Crippen molar-refractivity contribution in [2.45, 2.75) is 19.4 Å². The molecule has 2 aromatic heterocycles. The highest BCUT2D eigenvalue weighted by Crippen LogP contribution is 2.26. The fourth-order valence-corrected chi connectivity index (χ4v) is 3.11. The number of amides is 1. The summed E-state index contributed by atoms with van der Waals surface area (Å²) < 4.78 is 1.60. The van der Waals surface area contributed by atoms with E-state index in [0.717, 1.165) is 11.4 Å². The minimum Gasteiger partial charge on any atom is -0.358 e. The van der Waals surface area contributed by atoms with E-state index in [9.17, 15) is 4.79 Å². The van der Waals surface area contributed by atoms with Crippen molar-refractivity contribution < 1.29 is 4.79 Å². The number of halogens is 1. The zero-order valence-electron chi connectivity index (χ0n) is 13.0. The standard InChI is InChI=1S/C16H15ClN6O/c1-10-7-14(23-16(20-10)18-9-19-23)21-13-5-6-22(15(13)24)12-4-2-3-11(17)8-12/h2-4,7-9,13,21H,5-6H2,1H3. The van der Waals surface area contributed by atoms with Crippen LogP contribution in [0.3, 0.4) is 0 Å². The number of hydrogen-bond donors (Lipinski definition) is 1. The van der Waals surface area contributed by atoms with E-state index in [1.54, 1.807) is 21.5 Å². The summed E-state index contributed by atoms with van der Waals surface area (Å²) >= 11 is 6.03. The fraction of sp³-hybridized carbons (Fsp3) is 0.250. The van der Waals surface area contributed by atoms with E-state index in [0.29, 0.717) is 29.6 Å². The molecule has 1 amide bonds. The van der Waals surface area contributed by atoms with Gasteiger partial charge in [-0.15, -0.1) is 0 Å². The molecular formula is C16H15ClN6O. The lowest BCUT2D eigenvalue weighted by atomic mass is 10.2. The number of aryl methyl sites for hydroxylation is 1. The topological polar surface area (TPSA) is 75.4 Å². The molecule has 0 bridgehead atoms. The highest BCUT2D eigenvalue weighted by molar-refractivity contribution is 6.31. The van der Waals surface area contributed by atoms with Crippen LogP contribution in [0.4, 0.5) is 11.5 Å². The Hall–Kier alpha value is -2.67. The number of aromatic nitrogens is 4. The van der Waals surface area contributed by atoms with Gasteiger partial charge in [0.2, 0.25) is 5.91 Å². The number of rotatable bonds is 3. The van der Waals surface area contributed by atoms with Crippen LogP contribution in [-0.4, -0.2) is 38.1 Å². The largest absolute Gasteiger partial charge is 0.358 e. The van der Waals surface area contributed by atoms with Crippen LogP contribution in [0.5, 0.6) is 0 Å². The van der Waals surface area contributed by atoms with E-state index in [-0.39, 0.29) is 11.9 Å². The van der Waals surface area contributed by atoms with Crippen molar-refractivity contribution >= 4 is 34.8 Å². The molecule has 3 aromatic rings. The van der Waals surface area contributed by atoms with Crippen LogP contribution in [0.1, 0.15) is 12.1 Å². The second kappa shape index (κ2) is 5.76. The molecule has 1 aliphatic rings. The molecule has 1 saturated heterocycles. The second-order valence-electron chi connectivity index (χ2n) is 5.71. The van der Waals surface area contributed by atoms with Gasteiger partial charge in [0.15, 0.2) is 0 Å². The van der Waals surface area contributed by atoms with Crippen LogP contribution >= 0.6 is 11.6 Å². The Morgan fingerprint density at radius 1 is 1.33 bits per heavy atom. The van der Waals surface area contributed by atoms with Gasteiger partial charge in [-0.1, -0.05) is 17.7 Å². The third kappa shape index (κ3) is 2.56. The molecule has 4 rings (SSSR count). The molecule has 8 heteroatoms. The molecule has 122 valence electrons. The van der Waals surface area contributed by atoms with E-state index < -0.39 is 0 Å². The van der Waals surface area contributed by atoms with Crippen LogP contribution in [0.15, 0.2) is 36.7 Å². The number of nitrogens with zero attached hydrogens (tertiary/aromatic N) is 5. The molecular weight excluding hydrogens is 328 g/mol. The van der Waals surface area contributed by atoms with Gasteiger partial charge in [-0.05, 0) is 31.5 Å². The second-order valence-corrected chi connectivity index (χ2v) is 6.15. The average molecular weight is 343 g/mol. The molecule has 1 atom stereocenters. The van der Waals surface area contributed by atoms with Crippen LogP contribution in [0.25, 0.3) is 5.78 Å². The first-order valence-electron chi connectivity index (χ1n) is 7.63. The molecule has 1 aromatic carbocycles. The predicted molar refractivity (Wildman–Crippen MR) is 91.4 cm³/mol. The van der Waals surface area contributed by atoms with Crippen molar-refractivity contribution in [2.75, 3.05) is 16.8 Å². The van der Waals surface area contributed by atoms with Crippen molar-refractivity contribution in [1.29, 1.82) is 0 Å². The lowest BCUT2D eigenvalue weighted by Crippen LogP contribution is -2.34. The molecule has 0 saturated carbocycles. The van der Waals surface area contributed by atoms with Crippen molar-refractivity contribution in [3.8, 4) is 0 Å². The first kappa shape index (κ1) is 14.9. The maximum atomic E-state index is 12.7. The average Bonchev–Trinajstić information content (AvgIpc) is 3.15. The van der Waals surface area contributed by atoms with Gasteiger partial charge < -0.3 is 10.2 Å². The van der Waals surface area contributed by atoms with Gasteiger partial charge in [-0.25, -0.2) is 4.98 Å². The molecule has 0 aliphatic carbocycles. The number of fused-ring (bicyclic) bond motifs is 1. The molecule has 1 N–H and O–H groups in total. The first-order valence-corrected chi connectivity index (χ1v) is 8.00. The van der Waals surface area contributed by atoms with E-state index in [4.69, 9.17) is 11.6 Å². The zero-order valence-corrected chi connectivity index (χ0v) is 13.7. The molecule has 7 nitrogen and oxygen atoms in total. The highest BCUT2D eigenvalue weighted by Gasteiger charge is 2.33. The first-order chi connectivity index (χ1) is 11.6. The highest BCUT2D eigenvalue weighted by atomic mass is 35.5. The molecule has 0 radical (unpaired) electrons. The molecule has 3 heterocycles. The Morgan fingerprint density at radius 3 is 3.04 bits per heavy atom. The van der Waals surface area contributed by atoms with Crippen molar-refractivity contribution in [3.63, 3.8) is 0 Å². The van der Waals surface area contributed by atoms with Gasteiger partial charge in [-0.2, -0.15) is 14.6 Å². The number of nitrogens with one attached hydrogen (secondary N) is 1. The predicted octanol–water partition coefficient (Wildman–Crippen LogP) is 2.30. The number of anilines is 2. The van der Waals surface area contributed by atoms with Crippen LogP contribution in [0, 0.1) is 6.92 Å². The smallest absolute Gasteiger partial charge is 0.254 e. The van der Waals surface area contributed by atoms with Crippen LogP contribution in [-0.2, 0) is 4.79 Å². The maximum Gasteiger partial charge on any atom is 0.254 e. The van der Waals surface area contributed by atoms with Crippen LogP contribution in [0.2, 0.25) is 5.02 Å². The lowest BCUT2D eigenvalue weighted by Gasteiger charge is -2.18. The van der Waals surface area contributed by atoms with E-state index in [1.807, 2.05) is 25.1 Å². The third-order valence-corrected chi connectivity index (χ3v) is 4.26. The molecule has 1 aliphatic heterocycles. The van der Waals surface area contributed by atoms with E-state index >= 15 is 0 Å². The summed E-state index contributed by atoms with van der Waals surface area (Å²) in [5.74, 6) is 1.23.